The summed E-state index contributed by atoms with van der Waals surface area (Å²) >= 11 is 0. The number of hydrogen-bond acceptors (Lipinski definition) is 8. The molecule has 5 N–H and O–H groups in total. The molecule has 3 aliphatic heterocycles. The Morgan fingerprint density at radius 2 is 2.03 bits per heavy atom. The van der Waals surface area contributed by atoms with E-state index < -0.39 is 24.5 Å². The van der Waals surface area contributed by atoms with Crippen LogP contribution in [0.15, 0.2) is 18.6 Å². The number of nitrogen functional groups attached to an aromatic ring is 1. The van der Waals surface area contributed by atoms with Gasteiger partial charge in [-0.05, 0) is 57.8 Å². The number of hydrogen-bond donors (Lipinski definition) is 4. The van der Waals surface area contributed by atoms with Crippen LogP contribution in [0, 0.1) is 0 Å². The average molecular weight is 402 g/mol. The van der Waals surface area contributed by atoms with Crippen molar-refractivity contribution in [2.45, 2.75) is 62.2 Å². The third kappa shape index (κ3) is 3.21. The lowest BCUT2D eigenvalue weighted by Crippen LogP contribution is -2.49. The van der Waals surface area contributed by atoms with Gasteiger partial charge in [-0.1, -0.05) is 0 Å². The monoisotopic (exact) mass is 402 g/mol. The number of aliphatic hydroxyl groups is 2. The maximum absolute atomic E-state index is 10.8. The van der Waals surface area contributed by atoms with Crippen LogP contribution in [0.25, 0.3) is 11.0 Å². The number of fused-ring (bicyclic) bond motifs is 1. The number of nitrogens with zero attached hydrogens (tertiary/aromatic N) is 4. The second kappa shape index (κ2) is 7.48. The maximum Gasteiger partial charge on any atom is 0.164 e. The first-order chi connectivity index (χ1) is 14.1. The molecule has 0 saturated carbocycles. The van der Waals surface area contributed by atoms with Crippen LogP contribution in [0.4, 0.5) is 5.82 Å². The Hall–Kier alpha value is -1.78. The molecule has 29 heavy (non-hydrogen) atoms. The van der Waals surface area contributed by atoms with E-state index in [1.165, 1.54) is 32.0 Å². The van der Waals surface area contributed by atoms with E-state index in [4.69, 9.17) is 10.5 Å². The average Bonchev–Trinajstić information content (AvgIpc) is 3.32. The predicted molar refractivity (Wildman–Crippen MR) is 108 cm³/mol. The van der Waals surface area contributed by atoms with E-state index in [2.05, 4.69) is 20.2 Å². The van der Waals surface area contributed by atoms with Gasteiger partial charge >= 0.3 is 0 Å². The predicted octanol–water partition coefficient (Wildman–Crippen LogP) is 0.241. The van der Waals surface area contributed by atoms with Crippen LogP contribution in [-0.2, 0) is 4.74 Å². The van der Waals surface area contributed by atoms with Crippen LogP contribution in [0.2, 0.25) is 0 Å². The van der Waals surface area contributed by atoms with Gasteiger partial charge in [0.2, 0.25) is 0 Å². The van der Waals surface area contributed by atoms with E-state index in [1.807, 2.05) is 6.07 Å². The zero-order valence-electron chi connectivity index (χ0n) is 16.6. The zero-order chi connectivity index (χ0) is 20.0. The Balaban J connectivity index is 1.36. The first-order valence-electron chi connectivity index (χ1n) is 10.6. The van der Waals surface area contributed by atoms with Crippen molar-refractivity contribution in [2.24, 2.45) is 0 Å². The van der Waals surface area contributed by atoms with Crippen molar-refractivity contribution < 1.29 is 14.9 Å². The lowest BCUT2D eigenvalue weighted by atomic mass is 9.87. The van der Waals surface area contributed by atoms with Crippen molar-refractivity contribution >= 4 is 16.9 Å². The smallest absolute Gasteiger partial charge is 0.164 e. The molecule has 5 heterocycles. The summed E-state index contributed by atoms with van der Waals surface area (Å²) in [6, 6.07) is 1.81. The van der Waals surface area contributed by atoms with Gasteiger partial charge in [0.15, 0.2) is 6.23 Å². The molecule has 0 aromatic carbocycles. The van der Waals surface area contributed by atoms with Gasteiger partial charge in [-0.3, -0.25) is 4.90 Å². The topological polar surface area (TPSA) is 122 Å². The van der Waals surface area contributed by atoms with Gasteiger partial charge in [-0.2, -0.15) is 0 Å². The third-order valence-corrected chi connectivity index (χ3v) is 7.06. The minimum absolute atomic E-state index is 0.192. The maximum atomic E-state index is 10.8. The number of nitrogens with one attached hydrogen (secondary N) is 1. The number of rotatable bonds is 3. The molecule has 9 heteroatoms. The molecular formula is C20H30N6O3. The van der Waals surface area contributed by atoms with Gasteiger partial charge in [0.1, 0.15) is 36.1 Å². The molecule has 158 valence electrons. The highest BCUT2D eigenvalue weighted by Crippen LogP contribution is 2.40. The van der Waals surface area contributed by atoms with Gasteiger partial charge in [-0.15, -0.1) is 0 Å². The van der Waals surface area contributed by atoms with Crippen LogP contribution < -0.4 is 11.1 Å². The van der Waals surface area contributed by atoms with Gasteiger partial charge in [0, 0.05) is 18.3 Å². The minimum atomic E-state index is -1.03. The molecule has 1 unspecified atom stereocenters. The Bertz CT molecular complexity index is 865. The van der Waals surface area contributed by atoms with Crippen molar-refractivity contribution in [3.05, 3.63) is 18.6 Å². The van der Waals surface area contributed by atoms with Crippen molar-refractivity contribution in [3.63, 3.8) is 0 Å². The summed E-state index contributed by atoms with van der Waals surface area (Å²) < 4.78 is 7.96. The van der Waals surface area contributed by atoms with Crippen molar-refractivity contribution in [1.29, 1.82) is 0 Å². The number of ether oxygens (including phenoxy) is 1. The molecule has 0 radical (unpaired) electrons. The van der Waals surface area contributed by atoms with Crippen molar-refractivity contribution in [1.82, 2.24) is 24.8 Å². The molecule has 0 bridgehead atoms. The van der Waals surface area contributed by atoms with Crippen LogP contribution >= 0.6 is 0 Å². The second-order valence-corrected chi connectivity index (χ2v) is 8.64. The fraction of sp³-hybridized carbons (Fsp3) is 0.700. The molecule has 3 saturated heterocycles. The minimum Gasteiger partial charge on any atom is -0.387 e. The standard InChI is InChI=1S/C20H30N6O3/c21-17-13-3-10-26(18(13)24-12-23-17)19-16(28)15(27)14(29-19)11-25-9-2-5-20(25)4-1-7-22-8-6-20/h3,10,12,14-16,19,22,27-28H,1-2,4-9,11H2,(H2,21,23,24)/t14-,15-,16-,19-,20?/m1/s1. The number of aromatic nitrogens is 3. The summed E-state index contributed by atoms with van der Waals surface area (Å²) in [6.45, 7) is 3.76. The highest BCUT2D eigenvalue weighted by molar-refractivity contribution is 5.86. The second-order valence-electron chi connectivity index (χ2n) is 8.64. The summed E-state index contributed by atoms with van der Waals surface area (Å²) in [5, 5.41) is 25.7. The number of nitrogens with two attached hydrogens (primary N) is 1. The first kappa shape index (κ1) is 19.2. The Morgan fingerprint density at radius 1 is 1.17 bits per heavy atom. The Morgan fingerprint density at radius 3 is 2.93 bits per heavy atom. The van der Waals surface area contributed by atoms with Crippen molar-refractivity contribution in [2.75, 3.05) is 31.9 Å². The summed E-state index contributed by atoms with van der Waals surface area (Å²) in [7, 11) is 0. The third-order valence-electron chi connectivity index (χ3n) is 7.06. The highest BCUT2D eigenvalue weighted by Gasteiger charge is 2.48. The molecular weight excluding hydrogens is 372 g/mol. The van der Waals surface area contributed by atoms with Gasteiger partial charge in [-0.25, -0.2) is 9.97 Å². The normalized spacial score (nSPS) is 36.2. The van der Waals surface area contributed by atoms with Crippen LogP contribution in [-0.4, -0.2) is 79.7 Å². The molecule has 1 spiro atoms. The van der Waals surface area contributed by atoms with Crippen LogP contribution in [0.3, 0.4) is 0 Å². The van der Waals surface area contributed by atoms with Crippen molar-refractivity contribution in [3.8, 4) is 0 Å². The van der Waals surface area contributed by atoms with E-state index in [9.17, 15) is 10.2 Å². The molecule has 5 atom stereocenters. The molecule has 2 aromatic heterocycles. The first-order valence-corrected chi connectivity index (χ1v) is 10.6. The quantitative estimate of drug-likeness (QED) is 0.576. The van der Waals surface area contributed by atoms with E-state index in [0.717, 1.165) is 26.1 Å². The van der Waals surface area contributed by atoms with Gasteiger partial charge in [0.05, 0.1) is 5.39 Å². The van der Waals surface area contributed by atoms with E-state index in [0.29, 0.717) is 23.4 Å². The summed E-state index contributed by atoms with van der Waals surface area (Å²) in [5.41, 5.74) is 6.72. The molecule has 3 aliphatic rings. The molecule has 0 amide bonds. The molecule has 9 nitrogen and oxygen atoms in total. The zero-order valence-corrected chi connectivity index (χ0v) is 16.6. The SMILES string of the molecule is Nc1ncnc2c1ccn2[C@@H]1O[C@H](CN2CCCC23CCCNCC3)[C@@H](O)[C@H]1O. The molecule has 0 aliphatic carbocycles. The lowest BCUT2D eigenvalue weighted by molar-refractivity contribution is -0.0527. The van der Waals surface area contributed by atoms with Gasteiger partial charge in [0.25, 0.3) is 0 Å². The molecule has 5 rings (SSSR count). The van der Waals surface area contributed by atoms with Crippen LogP contribution in [0.1, 0.15) is 38.3 Å². The van der Waals surface area contributed by atoms with Gasteiger partial charge < -0.3 is 30.6 Å². The summed E-state index contributed by atoms with van der Waals surface area (Å²) in [5.74, 6) is 0.388. The molecule has 3 fully saturated rings. The largest absolute Gasteiger partial charge is 0.387 e. The fourth-order valence-corrected chi connectivity index (χ4v) is 5.48. The summed E-state index contributed by atoms with van der Waals surface area (Å²) in [6.07, 6.45) is 5.91. The van der Waals surface area contributed by atoms with E-state index in [-0.39, 0.29) is 5.54 Å². The lowest BCUT2D eigenvalue weighted by Gasteiger charge is -2.39. The molecule has 2 aromatic rings. The number of aliphatic hydroxyl groups excluding tert-OH is 2. The number of anilines is 1. The Labute approximate surface area is 169 Å². The van der Waals surface area contributed by atoms with E-state index in [1.54, 1.807) is 10.8 Å². The van der Waals surface area contributed by atoms with E-state index >= 15 is 0 Å². The summed E-state index contributed by atoms with van der Waals surface area (Å²) in [4.78, 5) is 10.8. The fourth-order valence-electron chi connectivity index (χ4n) is 5.48. The number of likely N-dealkylation sites (tertiary alicyclic amines) is 1. The Kier molecular flexibility index (Phi) is 4.95. The van der Waals surface area contributed by atoms with Crippen LogP contribution in [0.5, 0.6) is 0 Å². The highest BCUT2D eigenvalue weighted by atomic mass is 16.6.